The predicted octanol–water partition coefficient (Wildman–Crippen LogP) is 3.75. The first-order chi connectivity index (χ1) is 13.3. The number of amides is 1. The molecule has 0 aliphatic rings. The van der Waals surface area contributed by atoms with E-state index in [1.807, 2.05) is 30.3 Å². The van der Waals surface area contributed by atoms with E-state index in [2.05, 4.69) is 10.3 Å². The fourth-order valence-electron chi connectivity index (χ4n) is 2.69. The molecule has 1 heterocycles. The lowest BCUT2D eigenvalue weighted by Crippen LogP contribution is -2.30. The Balaban J connectivity index is 1.59. The van der Waals surface area contributed by atoms with Crippen LogP contribution in [0.3, 0.4) is 0 Å². The molecule has 1 aromatic heterocycles. The molecular formula is C20H17F3N2O3. The predicted molar refractivity (Wildman–Crippen MR) is 95.1 cm³/mol. The molecule has 3 aromatic rings. The molecule has 0 saturated heterocycles. The van der Waals surface area contributed by atoms with Crippen molar-refractivity contribution >= 4 is 5.91 Å². The molecule has 1 amide bonds. The van der Waals surface area contributed by atoms with Crippen LogP contribution in [0.1, 0.15) is 22.9 Å². The normalized spacial score (nSPS) is 12.6. The molecule has 1 unspecified atom stereocenters. The lowest BCUT2D eigenvalue weighted by molar-refractivity contribution is -0.139. The molecule has 0 fully saturated rings. The molecule has 0 spiro atoms. The minimum absolute atomic E-state index is 0.121. The van der Waals surface area contributed by atoms with Crippen molar-refractivity contribution in [3.8, 4) is 11.5 Å². The highest BCUT2D eigenvalue weighted by molar-refractivity contribution is 5.78. The van der Waals surface area contributed by atoms with E-state index >= 15 is 0 Å². The van der Waals surface area contributed by atoms with Crippen LogP contribution >= 0.6 is 0 Å². The van der Waals surface area contributed by atoms with Crippen LogP contribution < -0.4 is 5.32 Å². The van der Waals surface area contributed by atoms with Gasteiger partial charge < -0.3 is 14.8 Å². The summed E-state index contributed by atoms with van der Waals surface area (Å²) in [5.41, 5.74) is -0.0845. The molecule has 8 heteroatoms. The van der Waals surface area contributed by atoms with Crippen molar-refractivity contribution in [1.29, 1.82) is 0 Å². The van der Waals surface area contributed by atoms with Gasteiger partial charge in [-0.15, -0.1) is 0 Å². The second kappa shape index (κ2) is 8.26. The average molecular weight is 390 g/mol. The number of carbonyl (C=O) groups is 1. The highest BCUT2D eigenvalue weighted by atomic mass is 19.4. The smallest absolute Gasteiger partial charge is 0.416 e. The highest BCUT2D eigenvalue weighted by Gasteiger charge is 2.34. The summed E-state index contributed by atoms with van der Waals surface area (Å²) in [6.45, 7) is -0.352. The molecule has 146 valence electrons. The average Bonchev–Trinajstić information content (AvgIpc) is 3.14. The molecular weight excluding hydrogens is 373 g/mol. The van der Waals surface area contributed by atoms with Crippen molar-refractivity contribution in [3.63, 3.8) is 0 Å². The molecule has 0 radical (unpaired) electrons. The van der Waals surface area contributed by atoms with Gasteiger partial charge in [0.1, 0.15) is 6.26 Å². The minimum atomic E-state index is -4.59. The van der Waals surface area contributed by atoms with E-state index in [0.29, 0.717) is 11.6 Å². The van der Waals surface area contributed by atoms with Gasteiger partial charge in [-0.1, -0.05) is 36.4 Å². The minimum Gasteiger partial charge on any atom is -0.444 e. The van der Waals surface area contributed by atoms with Gasteiger partial charge in [0.05, 0.1) is 23.8 Å². The van der Waals surface area contributed by atoms with E-state index in [0.717, 1.165) is 11.6 Å². The number of nitrogens with zero attached hydrogens (tertiary/aromatic N) is 1. The maximum Gasteiger partial charge on any atom is 0.416 e. The highest BCUT2D eigenvalue weighted by Crippen LogP contribution is 2.34. The monoisotopic (exact) mass is 390 g/mol. The van der Waals surface area contributed by atoms with Gasteiger partial charge in [0.15, 0.2) is 0 Å². The molecule has 0 aliphatic heterocycles. The summed E-state index contributed by atoms with van der Waals surface area (Å²) in [7, 11) is 0. The van der Waals surface area contributed by atoms with Crippen molar-refractivity contribution in [3.05, 3.63) is 77.7 Å². The van der Waals surface area contributed by atoms with E-state index in [4.69, 9.17) is 4.42 Å². The first-order valence-corrected chi connectivity index (χ1v) is 8.45. The largest absolute Gasteiger partial charge is 0.444 e. The molecule has 28 heavy (non-hydrogen) atoms. The van der Waals surface area contributed by atoms with Gasteiger partial charge in [0, 0.05) is 12.1 Å². The topological polar surface area (TPSA) is 75.4 Å². The van der Waals surface area contributed by atoms with Crippen LogP contribution in [0.2, 0.25) is 0 Å². The van der Waals surface area contributed by atoms with Crippen LogP contribution in [0.5, 0.6) is 0 Å². The Hall–Kier alpha value is -3.13. The standard InChI is InChI=1S/C20H17F3N2O3/c21-20(22,23)16-9-5-4-8-15(16)17(26)11-24-18(27)10-14-12-28-19(25-14)13-6-2-1-3-7-13/h1-9,12,17,26H,10-11H2,(H,24,27). The van der Waals surface area contributed by atoms with Gasteiger partial charge in [-0.25, -0.2) is 4.98 Å². The molecule has 2 N–H and O–H groups in total. The summed E-state index contributed by atoms with van der Waals surface area (Å²) < 4.78 is 44.4. The number of halogens is 3. The maximum absolute atomic E-state index is 13.0. The number of carbonyl (C=O) groups excluding carboxylic acids is 1. The molecule has 1 atom stereocenters. The summed E-state index contributed by atoms with van der Waals surface area (Å²) in [6.07, 6.45) is -4.85. The van der Waals surface area contributed by atoms with Crippen molar-refractivity contribution < 1.29 is 27.5 Å². The summed E-state index contributed by atoms with van der Waals surface area (Å²) in [5.74, 6) is -0.126. The lowest BCUT2D eigenvalue weighted by atomic mass is 10.0. The third-order valence-electron chi connectivity index (χ3n) is 4.03. The van der Waals surface area contributed by atoms with E-state index in [1.54, 1.807) is 0 Å². The van der Waals surface area contributed by atoms with Crippen LogP contribution in [-0.2, 0) is 17.4 Å². The Bertz CT molecular complexity index is 939. The Kier molecular flexibility index (Phi) is 5.79. The summed E-state index contributed by atoms with van der Waals surface area (Å²) in [6, 6.07) is 13.8. The Morgan fingerprint density at radius 1 is 1.11 bits per heavy atom. The third kappa shape index (κ3) is 4.77. The first kappa shape index (κ1) is 19.6. The number of oxazole rings is 1. The zero-order chi connectivity index (χ0) is 20.1. The van der Waals surface area contributed by atoms with Gasteiger partial charge in [0.2, 0.25) is 11.8 Å². The molecule has 0 aliphatic carbocycles. The molecule has 5 nitrogen and oxygen atoms in total. The second-order valence-electron chi connectivity index (χ2n) is 6.09. The Morgan fingerprint density at radius 2 is 1.79 bits per heavy atom. The van der Waals surface area contributed by atoms with Crippen LogP contribution in [0.4, 0.5) is 13.2 Å². The number of alkyl halides is 3. The van der Waals surface area contributed by atoms with Gasteiger partial charge in [-0.05, 0) is 23.8 Å². The van der Waals surface area contributed by atoms with Crippen molar-refractivity contribution in [2.24, 2.45) is 0 Å². The number of benzene rings is 2. The number of rotatable bonds is 6. The Morgan fingerprint density at radius 3 is 2.50 bits per heavy atom. The maximum atomic E-state index is 13.0. The van der Waals surface area contributed by atoms with Crippen LogP contribution in [0.25, 0.3) is 11.5 Å². The summed E-state index contributed by atoms with van der Waals surface area (Å²) >= 11 is 0. The van der Waals surface area contributed by atoms with Crippen molar-refractivity contribution in [1.82, 2.24) is 10.3 Å². The second-order valence-corrected chi connectivity index (χ2v) is 6.09. The molecule has 3 rings (SSSR count). The molecule has 0 saturated carbocycles. The number of aliphatic hydroxyl groups is 1. The quantitative estimate of drug-likeness (QED) is 0.672. The Labute approximate surface area is 158 Å². The SMILES string of the molecule is O=C(Cc1coc(-c2ccccc2)n1)NCC(O)c1ccccc1C(F)(F)F. The summed E-state index contributed by atoms with van der Waals surface area (Å²) in [5, 5.41) is 12.5. The van der Waals surface area contributed by atoms with E-state index < -0.39 is 23.8 Å². The van der Waals surface area contributed by atoms with E-state index in [9.17, 15) is 23.1 Å². The number of nitrogens with one attached hydrogen (secondary N) is 1. The van der Waals surface area contributed by atoms with Gasteiger partial charge in [0.25, 0.3) is 0 Å². The number of aliphatic hydroxyl groups excluding tert-OH is 1. The van der Waals surface area contributed by atoms with Crippen molar-refractivity contribution in [2.75, 3.05) is 6.54 Å². The van der Waals surface area contributed by atoms with Crippen LogP contribution in [0, 0.1) is 0 Å². The van der Waals surface area contributed by atoms with E-state index in [1.165, 1.54) is 24.5 Å². The summed E-state index contributed by atoms with van der Waals surface area (Å²) in [4.78, 5) is 16.3. The van der Waals surface area contributed by atoms with Gasteiger partial charge in [-0.2, -0.15) is 13.2 Å². The van der Waals surface area contributed by atoms with Gasteiger partial charge >= 0.3 is 6.18 Å². The van der Waals surface area contributed by atoms with E-state index in [-0.39, 0.29) is 18.5 Å². The zero-order valence-corrected chi connectivity index (χ0v) is 14.6. The lowest BCUT2D eigenvalue weighted by Gasteiger charge is -2.17. The molecule has 2 aromatic carbocycles. The van der Waals surface area contributed by atoms with Gasteiger partial charge in [-0.3, -0.25) is 4.79 Å². The number of hydrogen-bond acceptors (Lipinski definition) is 4. The van der Waals surface area contributed by atoms with Crippen molar-refractivity contribution in [2.45, 2.75) is 18.7 Å². The first-order valence-electron chi connectivity index (χ1n) is 8.45. The molecule has 0 bridgehead atoms. The fraction of sp³-hybridized carbons (Fsp3) is 0.200. The van der Waals surface area contributed by atoms with Crippen LogP contribution in [0.15, 0.2) is 65.3 Å². The zero-order valence-electron chi connectivity index (χ0n) is 14.6. The number of aromatic nitrogens is 1. The number of hydrogen-bond donors (Lipinski definition) is 2. The third-order valence-corrected chi connectivity index (χ3v) is 4.03. The fourth-order valence-corrected chi connectivity index (χ4v) is 2.69. The van der Waals surface area contributed by atoms with Crippen LogP contribution in [-0.4, -0.2) is 22.5 Å².